The number of hydrogen-bond acceptors (Lipinski definition) is 4. The quantitative estimate of drug-likeness (QED) is 0.796. The summed E-state index contributed by atoms with van der Waals surface area (Å²) in [5.74, 6) is -0.0936. The van der Waals surface area contributed by atoms with Crippen LogP contribution in [0.4, 0.5) is 0 Å². The molecule has 1 heterocycles. The van der Waals surface area contributed by atoms with Crippen LogP contribution in [0.1, 0.15) is 59.3 Å². The average Bonchev–Trinajstić information content (AvgIpc) is 2.80. The molecule has 0 bridgehead atoms. The number of ether oxygens (including phenoxy) is 2. The molecule has 1 aliphatic heterocycles. The molecule has 0 aromatic carbocycles. The molecule has 2 unspecified atom stereocenters. The van der Waals surface area contributed by atoms with E-state index in [-0.39, 0.29) is 18.2 Å². The topological polar surface area (TPSA) is 47.6 Å². The summed E-state index contributed by atoms with van der Waals surface area (Å²) < 4.78 is 11.1. The van der Waals surface area contributed by atoms with Gasteiger partial charge in [-0.3, -0.25) is 10.1 Å². The summed E-state index contributed by atoms with van der Waals surface area (Å²) in [4.78, 5) is 12.5. The maximum Gasteiger partial charge on any atom is 0.326 e. The van der Waals surface area contributed by atoms with Gasteiger partial charge in [-0.1, -0.05) is 12.8 Å². The highest BCUT2D eigenvalue weighted by Crippen LogP contribution is 2.32. The van der Waals surface area contributed by atoms with Gasteiger partial charge < -0.3 is 9.47 Å². The lowest BCUT2D eigenvalue weighted by Crippen LogP contribution is -2.61. The Bertz CT molecular complexity index is 303. The number of esters is 1. The first kappa shape index (κ1) is 14.8. The van der Waals surface area contributed by atoms with Crippen LogP contribution >= 0.6 is 0 Å². The average molecular weight is 269 g/mol. The van der Waals surface area contributed by atoms with E-state index in [0.29, 0.717) is 25.5 Å². The Morgan fingerprint density at radius 3 is 2.37 bits per heavy atom. The van der Waals surface area contributed by atoms with Crippen molar-refractivity contribution in [2.24, 2.45) is 0 Å². The second kappa shape index (κ2) is 6.23. The van der Waals surface area contributed by atoms with Crippen molar-refractivity contribution in [3.63, 3.8) is 0 Å². The van der Waals surface area contributed by atoms with E-state index < -0.39 is 5.54 Å². The van der Waals surface area contributed by atoms with Crippen LogP contribution in [0.2, 0.25) is 0 Å². The van der Waals surface area contributed by atoms with E-state index in [9.17, 15) is 4.79 Å². The predicted octanol–water partition coefficient (Wildman–Crippen LogP) is 2.41. The van der Waals surface area contributed by atoms with E-state index in [1.165, 1.54) is 25.7 Å². The Morgan fingerprint density at radius 2 is 1.84 bits per heavy atom. The molecule has 4 heteroatoms. The van der Waals surface area contributed by atoms with Crippen LogP contribution < -0.4 is 5.32 Å². The fourth-order valence-corrected chi connectivity index (χ4v) is 3.63. The molecule has 110 valence electrons. The number of nitrogens with one attached hydrogen (secondary N) is 1. The third-order valence-corrected chi connectivity index (χ3v) is 4.24. The highest BCUT2D eigenvalue weighted by Gasteiger charge is 2.47. The van der Waals surface area contributed by atoms with Crippen molar-refractivity contribution >= 4 is 5.97 Å². The van der Waals surface area contributed by atoms with E-state index in [4.69, 9.17) is 9.47 Å². The Kier molecular flexibility index (Phi) is 4.85. The zero-order chi connectivity index (χ0) is 13.9. The minimum atomic E-state index is -0.540. The van der Waals surface area contributed by atoms with Crippen molar-refractivity contribution in [1.82, 2.24) is 5.32 Å². The first-order valence-electron chi connectivity index (χ1n) is 7.66. The van der Waals surface area contributed by atoms with Crippen molar-refractivity contribution in [2.75, 3.05) is 6.61 Å². The van der Waals surface area contributed by atoms with Gasteiger partial charge in [0.2, 0.25) is 0 Å². The molecular formula is C15H27NO3. The second-order valence-corrected chi connectivity index (χ2v) is 6.09. The fraction of sp³-hybridized carbons (Fsp3) is 0.933. The summed E-state index contributed by atoms with van der Waals surface area (Å²) in [6, 6.07) is 0.460. The molecule has 0 aromatic heterocycles. The monoisotopic (exact) mass is 269 g/mol. The molecule has 1 saturated carbocycles. The highest BCUT2D eigenvalue weighted by molar-refractivity contribution is 5.81. The first-order valence-corrected chi connectivity index (χ1v) is 7.66. The van der Waals surface area contributed by atoms with E-state index in [1.807, 2.05) is 20.8 Å². The lowest BCUT2D eigenvalue weighted by atomic mass is 9.83. The van der Waals surface area contributed by atoms with Crippen LogP contribution in [0.15, 0.2) is 0 Å². The number of carbonyl (C=O) groups excluding carboxylic acids is 1. The summed E-state index contributed by atoms with van der Waals surface area (Å²) in [7, 11) is 0. The van der Waals surface area contributed by atoms with Gasteiger partial charge in [0, 0.05) is 18.9 Å². The highest BCUT2D eigenvalue weighted by atomic mass is 16.5. The zero-order valence-corrected chi connectivity index (χ0v) is 12.4. The third kappa shape index (κ3) is 3.48. The molecule has 2 atom stereocenters. The summed E-state index contributed by atoms with van der Waals surface area (Å²) in [5, 5.41) is 3.62. The largest absolute Gasteiger partial charge is 0.465 e. The molecule has 1 N–H and O–H groups in total. The molecule has 1 saturated heterocycles. The molecular weight excluding hydrogens is 242 g/mol. The van der Waals surface area contributed by atoms with Crippen LogP contribution in [0.25, 0.3) is 0 Å². The summed E-state index contributed by atoms with van der Waals surface area (Å²) in [5.41, 5.74) is -0.540. The molecule has 4 nitrogen and oxygen atoms in total. The molecule has 0 aromatic rings. The molecule has 19 heavy (non-hydrogen) atoms. The lowest BCUT2D eigenvalue weighted by Gasteiger charge is -2.43. The van der Waals surface area contributed by atoms with Crippen molar-refractivity contribution < 1.29 is 14.3 Å². The van der Waals surface area contributed by atoms with Gasteiger partial charge in [-0.15, -0.1) is 0 Å². The van der Waals surface area contributed by atoms with E-state index in [1.54, 1.807) is 0 Å². The molecule has 2 fully saturated rings. The van der Waals surface area contributed by atoms with Crippen molar-refractivity contribution in [3.05, 3.63) is 0 Å². The summed E-state index contributed by atoms with van der Waals surface area (Å²) in [6.07, 6.45) is 6.50. The van der Waals surface area contributed by atoms with Gasteiger partial charge in [0.05, 0.1) is 18.8 Å². The number of carbonyl (C=O) groups is 1. The van der Waals surface area contributed by atoms with Crippen LogP contribution in [0.3, 0.4) is 0 Å². The Balaban J connectivity index is 2.13. The van der Waals surface area contributed by atoms with E-state index in [0.717, 1.165) is 0 Å². The minimum Gasteiger partial charge on any atom is -0.465 e. The first-order chi connectivity index (χ1) is 9.05. The van der Waals surface area contributed by atoms with Gasteiger partial charge in [0.1, 0.15) is 5.54 Å². The van der Waals surface area contributed by atoms with Crippen LogP contribution in [-0.2, 0) is 14.3 Å². The van der Waals surface area contributed by atoms with Crippen molar-refractivity contribution in [3.8, 4) is 0 Å². The van der Waals surface area contributed by atoms with E-state index in [2.05, 4.69) is 5.32 Å². The predicted molar refractivity (Wildman–Crippen MR) is 74.0 cm³/mol. The van der Waals surface area contributed by atoms with Gasteiger partial charge >= 0.3 is 5.97 Å². The van der Waals surface area contributed by atoms with Crippen LogP contribution in [0, 0.1) is 0 Å². The lowest BCUT2D eigenvalue weighted by molar-refractivity contribution is -0.162. The normalized spacial score (nSPS) is 36.4. The van der Waals surface area contributed by atoms with Gasteiger partial charge in [0.25, 0.3) is 0 Å². The standard InChI is InChI=1S/C15H27NO3/c1-4-18-14(17)15(16-13-7-5-6-8-13)9-11(2)19-12(3)10-15/h11-13,16H,4-10H2,1-3H3. The molecule has 2 rings (SSSR count). The molecule has 0 amide bonds. The second-order valence-electron chi connectivity index (χ2n) is 6.09. The van der Waals surface area contributed by atoms with Gasteiger partial charge in [-0.25, -0.2) is 0 Å². The summed E-state index contributed by atoms with van der Waals surface area (Å²) >= 11 is 0. The van der Waals surface area contributed by atoms with Gasteiger partial charge in [-0.2, -0.15) is 0 Å². The van der Waals surface area contributed by atoms with E-state index >= 15 is 0 Å². The molecule has 2 aliphatic rings. The Hall–Kier alpha value is -0.610. The number of hydrogen-bond donors (Lipinski definition) is 1. The van der Waals surface area contributed by atoms with Gasteiger partial charge in [-0.05, 0) is 33.6 Å². The minimum absolute atomic E-state index is 0.0936. The number of rotatable bonds is 4. The zero-order valence-electron chi connectivity index (χ0n) is 12.4. The molecule has 0 spiro atoms. The molecule has 0 radical (unpaired) electrons. The Morgan fingerprint density at radius 1 is 1.26 bits per heavy atom. The van der Waals surface area contributed by atoms with Crippen LogP contribution in [0.5, 0.6) is 0 Å². The fourth-order valence-electron chi connectivity index (χ4n) is 3.63. The smallest absolute Gasteiger partial charge is 0.326 e. The SMILES string of the molecule is CCOC(=O)C1(NC2CCCC2)CC(C)OC(C)C1. The van der Waals surface area contributed by atoms with Crippen molar-refractivity contribution in [1.29, 1.82) is 0 Å². The Labute approximate surface area is 116 Å². The van der Waals surface area contributed by atoms with Gasteiger partial charge in [0.15, 0.2) is 0 Å². The molecule has 1 aliphatic carbocycles. The van der Waals surface area contributed by atoms with Crippen LogP contribution in [-0.4, -0.2) is 36.4 Å². The maximum absolute atomic E-state index is 12.5. The maximum atomic E-state index is 12.5. The third-order valence-electron chi connectivity index (χ3n) is 4.24. The summed E-state index contributed by atoms with van der Waals surface area (Å²) in [6.45, 7) is 6.39. The van der Waals surface area contributed by atoms with Crippen molar-refractivity contribution in [2.45, 2.75) is 83.1 Å².